The molecule has 0 bridgehead atoms. The van der Waals surface area contributed by atoms with Crippen LogP contribution < -0.4 is 22.5 Å². The number of hydrogen-bond donors (Lipinski definition) is 5. The quantitative estimate of drug-likeness (QED) is 0.176. The van der Waals surface area contributed by atoms with Gasteiger partial charge in [-0.1, -0.05) is 12.1 Å². The lowest BCUT2D eigenvalue weighted by atomic mass is 9.87. The minimum absolute atomic E-state index is 0.0124. The number of primary amides is 1. The van der Waals surface area contributed by atoms with Crippen LogP contribution in [-0.2, 0) is 11.3 Å². The lowest BCUT2D eigenvalue weighted by molar-refractivity contribution is -0.114. The largest absolute Gasteiger partial charge is 0.508 e. The molecular weight excluding hydrogens is 413 g/mol. The summed E-state index contributed by atoms with van der Waals surface area (Å²) in [6.07, 6.45) is 4.19. The maximum Gasteiger partial charge on any atom is 0.253 e. The number of halogens is 1. The van der Waals surface area contributed by atoms with Crippen LogP contribution in [-0.4, -0.2) is 51.9 Å². The van der Waals surface area contributed by atoms with Gasteiger partial charge in [0.1, 0.15) is 11.6 Å². The zero-order valence-electron chi connectivity index (χ0n) is 17.7. The van der Waals surface area contributed by atoms with E-state index in [4.69, 9.17) is 17.2 Å². The maximum atomic E-state index is 13.3. The summed E-state index contributed by atoms with van der Waals surface area (Å²) in [5.41, 5.74) is 18.4. The molecule has 1 amide bonds. The summed E-state index contributed by atoms with van der Waals surface area (Å²) in [4.78, 5) is 21.8. The van der Waals surface area contributed by atoms with E-state index in [9.17, 15) is 14.3 Å². The zero-order chi connectivity index (χ0) is 23.1. The number of nitrogens with one attached hydrogen (secondary N) is 1. The second kappa shape index (κ2) is 10.2. The Balaban J connectivity index is 1.67. The first kappa shape index (κ1) is 23.2. The Bertz CT molecular complexity index is 1000. The van der Waals surface area contributed by atoms with E-state index in [0.29, 0.717) is 6.54 Å². The van der Waals surface area contributed by atoms with Crippen LogP contribution in [0.15, 0.2) is 59.4 Å². The number of carbonyl (C=O) groups is 1. The van der Waals surface area contributed by atoms with E-state index in [1.165, 1.54) is 18.5 Å². The SMILES string of the molecule is NCC1(N/C=C(/C(N)=O)C(N)=Nc2ccnc(F)c2)CCN(Cc2ccc(O)cc2)CC1. The highest BCUT2D eigenvalue weighted by molar-refractivity contribution is 6.20. The standard InChI is InChI=1S/C22H28FN7O2/c23-19-11-16(5-8-27-19)29-20(25)18(21(26)32)12-28-22(14-24)6-9-30(10-7-22)13-15-1-3-17(31)4-2-15/h1-5,8,11-12,28,31H,6-7,9-10,13-14,24H2,(H2,26,32)(H2,25,27,29)/b18-12+. The van der Waals surface area contributed by atoms with Gasteiger partial charge in [0.15, 0.2) is 0 Å². The minimum Gasteiger partial charge on any atom is -0.508 e. The van der Waals surface area contributed by atoms with E-state index in [-0.39, 0.29) is 22.8 Å². The topological polar surface area (TPSA) is 156 Å². The number of aromatic hydroxyl groups is 1. The number of phenols is 1. The van der Waals surface area contributed by atoms with Crippen LogP contribution in [0.1, 0.15) is 18.4 Å². The number of amidine groups is 1. The van der Waals surface area contributed by atoms with Gasteiger partial charge in [-0.2, -0.15) is 4.39 Å². The van der Waals surface area contributed by atoms with Crippen LogP contribution >= 0.6 is 0 Å². The molecule has 0 atom stereocenters. The van der Waals surface area contributed by atoms with Crippen molar-refractivity contribution in [2.24, 2.45) is 22.2 Å². The molecule has 1 aromatic heterocycles. The molecule has 9 nitrogen and oxygen atoms in total. The summed E-state index contributed by atoms with van der Waals surface area (Å²) in [6.45, 7) is 2.72. The van der Waals surface area contributed by atoms with Crippen molar-refractivity contribution < 1.29 is 14.3 Å². The molecule has 0 saturated carbocycles. The van der Waals surface area contributed by atoms with E-state index in [1.807, 2.05) is 12.1 Å². The molecule has 2 heterocycles. The van der Waals surface area contributed by atoms with Crippen molar-refractivity contribution in [3.8, 4) is 5.75 Å². The van der Waals surface area contributed by atoms with Crippen LogP contribution in [0.2, 0.25) is 0 Å². The highest BCUT2D eigenvalue weighted by Gasteiger charge is 2.32. The normalized spacial score (nSPS) is 17.2. The van der Waals surface area contributed by atoms with Crippen LogP contribution in [0.5, 0.6) is 5.75 Å². The van der Waals surface area contributed by atoms with Gasteiger partial charge in [-0.25, -0.2) is 9.98 Å². The third-order valence-electron chi connectivity index (χ3n) is 5.57. The highest BCUT2D eigenvalue weighted by Crippen LogP contribution is 2.23. The molecule has 0 unspecified atom stereocenters. The first-order chi connectivity index (χ1) is 15.3. The van der Waals surface area contributed by atoms with Crippen molar-refractivity contribution in [3.63, 3.8) is 0 Å². The fraction of sp³-hybridized carbons (Fsp3) is 0.318. The Labute approximate surface area is 185 Å². The molecule has 1 fully saturated rings. The number of aromatic nitrogens is 1. The fourth-order valence-electron chi connectivity index (χ4n) is 3.56. The number of pyridine rings is 1. The number of nitrogens with zero attached hydrogens (tertiary/aromatic N) is 3. The second-order valence-corrected chi connectivity index (χ2v) is 7.83. The fourth-order valence-corrected chi connectivity index (χ4v) is 3.56. The molecule has 32 heavy (non-hydrogen) atoms. The van der Waals surface area contributed by atoms with Crippen molar-refractivity contribution in [1.29, 1.82) is 0 Å². The highest BCUT2D eigenvalue weighted by atomic mass is 19.1. The summed E-state index contributed by atoms with van der Waals surface area (Å²) >= 11 is 0. The van der Waals surface area contributed by atoms with E-state index in [2.05, 4.69) is 20.2 Å². The molecule has 0 radical (unpaired) electrons. The Morgan fingerprint density at radius 2 is 1.94 bits per heavy atom. The monoisotopic (exact) mass is 441 g/mol. The maximum absolute atomic E-state index is 13.3. The van der Waals surface area contributed by atoms with Crippen LogP contribution in [0.25, 0.3) is 0 Å². The van der Waals surface area contributed by atoms with Crippen LogP contribution in [0.4, 0.5) is 10.1 Å². The van der Waals surface area contributed by atoms with Crippen molar-refractivity contribution in [3.05, 3.63) is 65.9 Å². The molecule has 3 rings (SSSR count). The Kier molecular flexibility index (Phi) is 7.39. The van der Waals surface area contributed by atoms with Gasteiger partial charge in [0.2, 0.25) is 5.95 Å². The zero-order valence-corrected chi connectivity index (χ0v) is 17.7. The van der Waals surface area contributed by atoms with Crippen LogP contribution in [0.3, 0.4) is 0 Å². The van der Waals surface area contributed by atoms with Gasteiger partial charge in [-0.3, -0.25) is 9.69 Å². The van der Waals surface area contributed by atoms with E-state index < -0.39 is 17.4 Å². The van der Waals surface area contributed by atoms with Gasteiger partial charge in [0.25, 0.3) is 5.91 Å². The number of piperidine rings is 1. The summed E-state index contributed by atoms with van der Waals surface area (Å²) in [6, 6.07) is 9.71. The molecule has 1 aromatic carbocycles. The van der Waals surface area contributed by atoms with E-state index in [0.717, 1.165) is 44.1 Å². The summed E-state index contributed by atoms with van der Waals surface area (Å²) < 4.78 is 13.3. The molecule has 0 aliphatic carbocycles. The van der Waals surface area contributed by atoms with Gasteiger partial charge in [-0.15, -0.1) is 0 Å². The molecule has 2 aromatic rings. The number of amides is 1. The lowest BCUT2D eigenvalue weighted by Crippen LogP contribution is -2.56. The van der Waals surface area contributed by atoms with Gasteiger partial charge >= 0.3 is 0 Å². The smallest absolute Gasteiger partial charge is 0.253 e. The third kappa shape index (κ3) is 6.02. The number of phenolic OH excluding ortho intramolecular Hbond substituents is 1. The Morgan fingerprint density at radius 3 is 2.53 bits per heavy atom. The number of benzene rings is 1. The number of likely N-dealkylation sites (tertiary alicyclic amines) is 1. The molecule has 1 aliphatic heterocycles. The average molecular weight is 442 g/mol. The molecule has 1 aliphatic rings. The van der Waals surface area contributed by atoms with Gasteiger partial charge in [-0.05, 0) is 36.6 Å². The summed E-state index contributed by atoms with van der Waals surface area (Å²) in [5.74, 6) is -1.35. The van der Waals surface area contributed by atoms with Crippen molar-refractivity contribution in [2.75, 3.05) is 19.6 Å². The molecule has 0 spiro atoms. The number of hydrogen-bond acceptors (Lipinski definition) is 7. The van der Waals surface area contributed by atoms with Gasteiger partial charge < -0.3 is 27.6 Å². The van der Waals surface area contributed by atoms with E-state index in [1.54, 1.807) is 12.1 Å². The lowest BCUT2D eigenvalue weighted by Gasteiger charge is -2.41. The number of rotatable bonds is 8. The summed E-state index contributed by atoms with van der Waals surface area (Å²) in [5, 5.41) is 12.7. The molecule has 10 heteroatoms. The molecule has 1 saturated heterocycles. The Morgan fingerprint density at radius 1 is 1.25 bits per heavy atom. The molecule has 8 N–H and O–H groups in total. The third-order valence-corrected chi connectivity index (χ3v) is 5.57. The van der Waals surface area contributed by atoms with Crippen molar-refractivity contribution >= 4 is 17.4 Å². The average Bonchev–Trinajstić information content (AvgIpc) is 2.76. The van der Waals surface area contributed by atoms with Crippen molar-refractivity contribution in [2.45, 2.75) is 24.9 Å². The van der Waals surface area contributed by atoms with Crippen LogP contribution in [0, 0.1) is 5.95 Å². The van der Waals surface area contributed by atoms with E-state index >= 15 is 0 Å². The minimum atomic E-state index is -0.759. The predicted octanol–water partition coefficient (Wildman–Crippen LogP) is 0.867. The number of nitrogens with two attached hydrogens (primary N) is 3. The van der Waals surface area contributed by atoms with Gasteiger partial charge in [0.05, 0.1) is 16.8 Å². The summed E-state index contributed by atoms with van der Waals surface area (Å²) in [7, 11) is 0. The first-order valence-corrected chi connectivity index (χ1v) is 10.2. The predicted molar refractivity (Wildman–Crippen MR) is 120 cm³/mol. The van der Waals surface area contributed by atoms with Crippen molar-refractivity contribution in [1.82, 2.24) is 15.2 Å². The number of aliphatic imine (C=N–C) groups is 1. The Hall–Kier alpha value is -3.50. The first-order valence-electron chi connectivity index (χ1n) is 10.2. The number of carbonyl (C=O) groups excluding carboxylic acids is 1. The van der Waals surface area contributed by atoms with Gasteiger partial charge in [0, 0.05) is 44.6 Å². The second-order valence-electron chi connectivity index (χ2n) is 7.83. The molecular formula is C22H28FN7O2. The molecule has 170 valence electrons.